The summed E-state index contributed by atoms with van der Waals surface area (Å²) in [4.78, 5) is 25.4. The second-order valence-corrected chi connectivity index (χ2v) is 18.0. The van der Waals surface area contributed by atoms with Gasteiger partial charge in [-0.25, -0.2) is 0 Å². The number of hydrogen-bond acceptors (Lipinski definition) is 10. The minimum absolute atomic E-state index is 0.214. The molecule has 0 radical (unpaired) electrons. The average molecular weight is 869 g/mol. The van der Waals surface area contributed by atoms with Crippen LogP contribution in [0.2, 0.25) is 0 Å². The van der Waals surface area contributed by atoms with Gasteiger partial charge < -0.3 is 39.4 Å². The molecule has 61 heavy (non-hydrogen) atoms. The number of carbonyl (C=O) groups excluding carboxylic acids is 2. The number of unbranched alkanes of at least 4 members (excludes halogenated alkanes) is 31. The van der Waals surface area contributed by atoms with Gasteiger partial charge in [-0.1, -0.05) is 206 Å². The van der Waals surface area contributed by atoms with Gasteiger partial charge in [0, 0.05) is 12.8 Å². The lowest BCUT2D eigenvalue weighted by Crippen LogP contribution is -2.59. The largest absolute Gasteiger partial charge is 0.462 e. The van der Waals surface area contributed by atoms with Crippen LogP contribution in [0, 0.1) is 0 Å². The summed E-state index contributed by atoms with van der Waals surface area (Å²) in [6, 6.07) is 0. The first-order valence-electron chi connectivity index (χ1n) is 25.8. The van der Waals surface area contributed by atoms with Crippen LogP contribution in [0.4, 0.5) is 0 Å². The van der Waals surface area contributed by atoms with E-state index in [1.807, 2.05) is 0 Å². The number of allylic oxidation sites excluding steroid dienone is 2. The van der Waals surface area contributed by atoms with E-state index in [1.165, 1.54) is 167 Å². The van der Waals surface area contributed by atoms with Crippen molar-refractivity contribution in [3.05, 3.63) is 12.2 Å². The third kappa shape index (κ3) is 33.6. The van der Waals surface area contributed by atoms with Crippen LogP contribution in [0.1, 0.15) is 245 Å². The summed E-state index contributed by atoms with van der Waals surface area (Å²) >= 11 is 0. The number of hydrogen-bond donors (Lipinski definition) is 4. The van der Waals surface area contributed by atoms with E-state index < -0.39 is 49.4 Å². The molecule has 10 nitrogen and oxygen atoms in total. The highest BCUT2D eigenvalue weighted by Gasteiger charge is 2.44. The van der Waals surface area contributed by atoms with Crippen molar-refractivity contribution in [2.24, 2.45) is 0 Å². The lowest BCUT2D eigenvalue weighted by Gasteiger charge is -2.39. The lowest BCUT2D eigenvalue weighted by molar-refractivity contribution is -0.305. The number of aliphatic hydroxyl groups excluding tert-OH is 4. The van der Waals surface area contributed by atoms with Gasteiger partial charge in [0.25, 0.3) is 0 Å². The molecule has 0 amide bonds. The van der Waals surface area contributed by atoms with Crippen molar-refractivity contribution in [3.8, 4) is 0 Å². The number of esters is 2. The number of aliphatic hydroxyl groups is 4. The van der Waals surface area contributed by atoms with Gasteiger partial charge in [0.1, 0.15) is 31.0 Å². The number of ether oxygens (including phenoxy) is 4. The molecule has 0 bridgehead atoms. The van der Waals surface area contributed by atoms with Crippen LogP contribution in [0.5, 0.6) is 0 Å². The maximum atomic E-state index is 12.8. The Morgan fingerprint density at radius 3 is 1.30 bits per heavy atom. The molecule has 0 saturated carbocycles. The molecule has 4 N–H and O–H groups in total. The quantitative estimate of drug-likeness (QED) is 0.0264. The fraction of sp³-hybridized carbons (Fsp3) is 0.922. The number of carbonyl (C=O) groups is 2. The Labute approximate surface area is 373 Å². The van der Waals surface area contributed by atoms with Crippen molar-refractivity contribution in [2.45, 2.75) is 282 Å². The molecule has 0 aromatic carbocycles. The second-order valence-electron chi connectivity index (χ2n) is 18.0. The molecule has 1 heterocycles. The van der Waals surface area contributed by atoms with Crippen LogP contribution in [0.3, 0.4) is 0 Å². The second kappa shape index (κ2) is 42.4. The molecule has 1 fully saturated rings. The Morgan fingerprint density at radius 2 is 0.869 bits per heavy atom. The summed E-state index contributed by atoms with van der Waals surface area (Å²) in [5.41, 5.74) is 0. The molecule has 0 aromatic heterocycles. The zero-order chi connectivity index (χ0) is 44.4. The topological polar surface area (TPSA) is 152 Å². The Morgan fingerprint density at radius 1 is 0.492 bits per heavy atom. The molecule has 1 aliphatic rings. The summed E-state index contributed by atoms with van der Waals surface area (Å²) in [6.07, 6.45) is 39.4. The Kier molecular flexibility index (Phi) is 39.9. The highest BCUT2D eigenvalue weighted by Crippen LogP contribution is 2.23. The standard InChI is InChI=1S/C51H96O10/c1-3-5-7-9-11-13-15-17-19-20-21-22-23-24-26-27-29-31-33-35-37-39-46(53)58-42-44(43-59-51-50(57)49(56)48(55)45(41-52)61-51)60-47(54)40-38-36-34-32-30-28-25-18-16-14-12-10-8-6-4-2/h28,30,44-45,48-52,55-57H,3-27,29,31-43H2,1-2H3/b30-28+/t44-,45-,48+,49?,50?,51-/m0/s1. The lowest BCUT2D eigenvalue weighted by atomic mass is 9.99. The van der Waals surface area contributed by atoms with Gasteiger partial charge in [-0.05, 0) is 38.5 Å². The highest BCUT2D eigenvalue weighted by molar-refractivity contribution is 5.70. The van der Waals surface area contributed by atoms with Gasteiger partial charge >= 0.3 is 11.9 Å². The summed E-state index contributed by atoms with van der Waals surface area (Å²) in [5, 5.41) is 40.2. The van der Waals surface area contributed by atoms with Crippen LogP contribution in [-0.2, 0) is 28.5 Å². The molecule has 0 aromatic rings. The van der Waals surface area contributed by atoms with E-state index in [-0.39, 0.29) is 32.0 Å². The zero-order valence-corrected chi connectivity index (χ0v) is 39.4. The molecular formula is C51H96O10. The van der Waals surface area contributed by atoms with Crippen LogP contribution in [0.25, 0.3) is 0 Å². The highest BCUT2D eigenvalue weighted by atomic mass is 16.7. The smallest absolute Gasteiger partial charge is 0.306 e. The van der Waals surface area contributed by atoms with Gasteiger partial charge in [0.15, 0.2) is 12.4 Å². The molecule has 1 aliphatic heterocycles. The Hall–Kier alpha value is -1.56. The minimum Gasteiger partial charge on any atom is -0.462 e. The first kappa shape index (κ1) is 57.5. The molecule has 0 spiro atoms. The molecule has 10 heteroatoms. The van der Waals surface area contributed by atoms with E-state index in [1.54, 1.807) is 0 Å². The first-order valence-corrected chi connectivity index (χ1v) is 25.8. The summed E-state index contributed by atoms with van der Waals surface area (Å²) in [6.45, 7) is 3.45. The Bertz CT molecular complexity index is 1010. The first-order chi connectivity index (χ1) is 29.8. The summed E-state index contributed by atoms with van der Waals surface area (Å²) < 4.78 is 22.2. The van der Waals surface area contributed by atoms with Gasteiger partial charge in [0.2, 0.25) is 0 Å². The maximum absolute atomic E-state index is 12.8. The van der Waals surface area contributed by atoms with E-state index in [0.717, 1.165) is 44.9 Å². The normalized spacial score (nSPS) is 19.7. The molecule has 1 saturated heterocycles. The van der Waals surface area contributed by atoms with Crippen LogP contribution in [-0.4, -0.2) is 89.0 Å². The molecule has 2 unspecified atom stereocenters. The van der Waals surface area contributed by atoms with Crippen molar-refractivity contribution in [3.63, 3.8) is 0 Å². The van der Waals surface area contributed by atoms with Crippen LogP contribution in [0.15, 0.2) is 12.2 Å². The van der Waals surface area contributed by atoms with E-state index >= 15 is 0 Å². The molecule has 0 aliphatic carbocycles. The SMILES string of the molecule is CCCCCCCCCC/C=C/CCCCCC(=O)O[C@@H](COC(=O)CCCCCCCCCCCCCCCCCCCCCCC)CO[C@H]1O[C@@H](CO)[C@@H](O)C(O)C1O. The van der Waals surface area contributed by atoms with E-state index in [0.29, 0.717) is 6.42 Å². The fourth-order valence-corrected chi connectivity index (χ4v) is 8.07. The predicted molar refractivity (Wildman–Crippen MR) is 247 cm³/mol. The van der Waals surface area contributed by atoms with Crippen molar-refractivity contribution in [1.29, 1.82) is 0 Å². The number of rotatable bonds is 44. The van der Waals surface area contributed by atoms with Crippen LogP contribution < -0.4 is 0 Å². The molecule has 6 atom stereocenters. The Balaban J connectivity index is 2.24. The third-order valence-electron chi connectivity index (χ3n) is 12.2. The van der Waals surface area contributed by atoms with Crippen molar-refractivity contribution < 1.29 is 49.0 Å². The van der Waals surface area contributed by atoms with Crippen molar-refractivity contribution in [1.82, 2.24) is 0 Å². The van der Waals surface area contributed by atoms with E-state index in [9.17, 15) is 30.0 Å². The van der Waals surface area contributed by atoms with Crippen molar-refractivity contribution in [2.75, 3.05) is 19.8 Å². The summed E-state index contributed by atoms with van der Waals surface area (Å²) in [5.74, 6) is -0.810. The van der Waals surface area contributed by atoms with Gasteiger partial charge in [-0.3, -0.25) is 9.59 Å². The van der Waals surface area contributed by atoms with Crippen molar-refractivity contribution >= 4 is 11.9 Å². The fourth-order valence-electron chi connectivity index (χ4n) is 8.07. The van der Waals surface area contributed by atoms with E-state index in [2.05, 4.69) is 26.0 Å². The third-order valence-corrected chi connectivity index (χ3v) is 12.2. The summed E-state index contributed by atoms with van der Waals surface area (Å²) in [7, 11) is 0. The van der Waals surface area contributed by atoms with Crippen LogP contribution >= 0.6 is 0 Å². The maximum Gasteiger partial charge on any atom is 0.306 e. The minimum atomic E-state index is -1.59. The predicted octanol–water partition coefficient (Wildman–Crippen LogP) is 11.9. The van der Waals surface area contributed by atoms with Gasteiger partial charge in [-0.2, -0.15) is 0 Å². The molecule has 1 rings (SSSR count). The monoisotopic (exact) mass is 869 g/mol. The molecule has 360 valence electrons. The molecular weight excluding hydrogens is 773 g/mol. The van der Waals surface area contributed by atoms with Gasteiger partial charge in [-0.15, -0.1) is 0 Å². The average Bonchev–Trinajstić information content (AvgIpc) is 3.26. The zero-order valence-electron chi connectivity index (χ0n) is 39.4. The van der Waals surface area contributed by atoms with Gasteiger partial charge in [0.05, 0.1) is 13.2 Å². The van der Waals surface area contributed by atoms with E-state index in [4.69, 9.17) is 18.9 Å².